The Labute approximate surface area is 183 Å². The highest BCUT2D eigenvalue weighted by molar-refractivity contribution is 5.79. The van der Waals surface area contributed by atoms with E-state index in [9.17, 15) is 9.18 Å². The average Bonchev–Trinajstić information content (AvgIpc) is 3.19. The lowest BCUT2D eigenvalue weighted by Gasteiger charge is -2.26. The number of amides is 1. The molecule has 5 nitrogen and oxygen atoms in total. The van der Waals surface area contributed by atoms with Gasteiger partial charge in [0.25, 0.3) is 0 Å². The van der Waals surface area contributed by atoms with Crippen LogP contribution in [0.5, 0.6) is 0 Å². The largest absolute Gasteiger partial charge is 0.341 e. The molecule has 0 aliphatic heterocycles. The molecule has 1 aromatic heterocycles. The van der Waals surface area contributed by atoms with Crippen molar-refractivity contribution in [3.8, 4) is 11.3 Å². The van der Waals surface area contributed by atoms with Crippen molar-refractivity contribution in [1.29, 1.82) is 0 Å². The molecule has 0 aliphatic rings. The highest BCUT2D eigenvalue weighted by Gasteiger charge is 2.26. The monoisotopic (exact) mass is 423 g/mol. The molecular formula is C25H30FN3O2. The Morgan fingerprint density at radius 1 is 1.00 bits per heavy atom. The van der Waals surface area contributed by atoms with E-state index in [-0.39, 0.29) is 17.6 Å². The molecule has 3 aromatic rings. The van der Waals surface area contributed by atoms with E-state index < -0.39 is 0 Å². The second-order valence-electron chi connectivity index (χ2n) is 7.83. The minimum Gasteiger partial charge on any atom is -0.341 e. The van der Waals surface area contributed by atoms with Crippen LogP contribution in [0.4, 0.5) is 10.3 Å². The van der Waals surface area contributed by atoms with Gasteiger partial charge in [-0.05, 0) is 31.5 Å². The van der Waals surface area contributed by atoms with Crippen LogP contribution in [0.3, 0.4) is 0 Å². The molecule has 0 saturated carbocycles. The minimum absolute atomic E-state index is 0.0232. The van der Waals surface area contributed by atoms with Gasteiger partial charge in [-0.15, -0.1) is 0 Å². The van der Waals surface area contributed by atoms with Crippen LogP contribution in [0.25, 0.3) is 11.3 Å². The van der Waals surface area contributed by atoms with Crippen LogP contribution in [-0.4, -0.2) is 29.1 Å². The first-order valence-electron chi connectivity index (χ1n) is 10.8. The number of nitrogens with zero attached hydrogens (tertiary/aromatic N) is 3. The second-order valence-corrected chi connectivity index (χ2v) is 7.83. The van der Waals surface area contributed by atoms with E-state index in [2.05, 4.69) is 23.9 Å². The van der Waals surface area contributed by atoms with Crippen LogP contribution in [0, 0.1) is 11.7 Å². The number of hydrogen-bond donors (Lipinski definition) is 0. The summed E-state index contributed by atoms with van der Waals surface area (Å²) in [6.07, 6.45) is 0. The van der Waals surface area contributed by atoms with Gasteiger partial charge in [0, 0.05) is 31.1 Å². The van der Waals surface area contributed by atoms with Gasteiger partial charge in [0.05, 0.1) is 12.1 Å². The van der Waals surface area contributed by atoms with Crippen molar-refractivity contribution in [2.45, 2.75) is 40.8 Å². The Morgan fingerprint density at radius 3 is 2.23 bits per heavy atom. The Morgan fingerprint density at radius 2 is 1.65 bits per heavy atom. The fourth-order valence-electron chi connectivity index (χ4n) is 3.60. The molecule has 0 spiro atoms. The first-order chi connectivity index (χ1) is 14.9. The number of hydrogen-bond acceptors (Lipinski definition) is 4. The van der Waals surface area contributed by atoms with Gasteiger partial charge in [-0.3, -0.25) is 4.79 Å². The van der Waals surface area contributed by atoms with Crippen molar-refractivity contribution in [3.05, 3.63) is 71.5 Å². The van der Waals surface area contributed by atoms with E-state index >= 15 is 0 Å². The zero-order valence-corrected chi connectivity index (χ0v) is 18.6. The summed E-state index contributed by atoms with van der Waals surface area (Å²) >= 11 is 0. The quantitative estimate of drug-likeness (QED) is 0.455. The maximum absolute atomic E-state index is 13.4. The van der Waals surface area contributed by atoms with Gasteiger partial charge in [-0.1, -0.05) is 61.5 Å². The standard InChI is InChI=1S/C25H30FN3O2/c1-5-28(6-2)25-22(23(27-31-25)20-10-8-7-9-11-20)17-29(24(30)18(3)4)16-19-12-14-21(26)15-13-19/h7-15,18H,5-6,16-17H2,1-4H3. The van der Waals surface area contributed by atoms with Crippen LogP contribution in [0.15, 0.2) is 59.1 Å². The third-order valence-electron chi connectivity index (χ3n) is 5.31. The van der Waals surface area contributed by atoms with Crippen LogP contribution in [0.2, 0.25) is 0 Å². The summed E-state index contributed by atoms with van der Waals surface area (Å²) in [4.78, 5) is 17.0. The zero-order valence-electron chi connectivity index (χ0n) is 18.6. The van der Waals surface area contributed by atoms with Gasteiger partial charge in [0.1, 0.15) is 11.5 Å². The van der Waals surface area contributed by atoms with E-state index in [1.165, 1.54) is 12.1 Å². The fraction of sp³-hybridized carbons (Fsp3) is 0.360. The Bertz CT molecular complexity index is 980. The maximum Gasteiger partial charge on any atom is 0.232 e. The molecule has 3 rings (SSSR count). The van der Waals surface area contributed by atoms with Crippen LogP contribution in [-0.2, 0) is 17.9 Å². The van der Waals surface area contributed by atoms with E-state index in [4.69, 9.17) is 4.52 Å². The highest BCUT2D eigenvalue weighted by atomic mass is 19.1. The molecule has 0 radical (unpaired) electrons. The van der Waals surface area contributed by atoms with Gasteiger partial charge in [0.15, 0.2) is 0 Å². The molecule has 0 aliphatic carbocycles. The molecule has 164 valence electrons. The van der Waals surface area contributed by atoms with Crippen molar-refractivity contribution in [2.24, 2.45) is 5.92 Å². The minimum atomic E-state index is -0.292. The summed E-state index contributed by atoms with van der Waals surface area (Å²) in [5, 5.41) is 4.37. The molecule has 0 atom stereocenters. The summed E-state index contributed by atoms with van der Waals surface area (Å²) in [5.41, 5.74) is 3.44. The van der Waals surface area contributed by atoms with Crippen LogP contribution >= 0.6 is 0 Å². The summed E-state index contributed by atoms with van der Waals surface area (Å²) in [6.45, 7) is 10.2. The molecule has 0 fully saturated rings. The summed E-state index contributed by atoms with van der Waals surface area (Å²) < 4.78 is 19.2. The molecule has 31 heavy (non-hydrogen) atoms. The zero-order chi connectivity index (χ0) is 22.4. The molecule has 0 unspecified atom stereocenters. The van der Waals surface area contributed by atoms with Crippen LogP contribution < -0.4 is 4.90 Å². The van der Waals surface area contributed by atoms with Crippen LogP contribution in [0.1, 0.15) is 38.8 Å². The van der Waals surface area contributed by atoms with Gasteiger partial charge in [-0.25, -0.2) is 4.39 Å². The Hall–Kier alpha value is -3.15. The predicted octanol–water partition coefficient (Wildman–Crippen LogP) is 5.51. The smallest absolute Gasteiger partial charge is 0.232 e. The average molecular weight is 424 g/mol. The topological polar surface area (TPSA) is 49.6 Å². The molecule has 0 N–H and O–H groups in total. The lowest BCUT2D eigenvalue weighted by molar-refractivity contribution is -0.135. The molecule has 1 amide bonds. The molecule has 0 bridgehead atoms. The van der Waals surface area contributed by atoms with E-state index in [1.54, 1.807) is 17.0 Å². The first-order valence-corrected chi connectivity index (χ1v) is 10.8. The summed E-state index contributed by atoms with van der Waals surface area (Å²) in [6, 6.07) is 16.1. The van der Waals surface area contributed by atoms with Crippen molar-refractivity contribution < 1.29 is 13.7 Å². The molecule has 6 heteroatoms. The number of rotatable bonds is 9. The highest BCUT2D eigenvalue weighted by Crippen LogP contribution is 2.33. The maximum atomic E-state index is 13.4. The number of aromatic nitrogens is 1. The Balaban J connectivity index is 2.03. The van der Waals surface area contributed by atoms with Gasteiger partial charge in [-0.2, -0.15) is 0 Å². The Kier molecular flexibility index (Phi) is 7.45. The third kappa shape index (κ3) is 5.32. The first kappa shape index (κ1) is 22.5. The number of anilines is 1. The van der Waals surface area contributed by atoms with Gasteiger partial charge < -0.3 is 14.3 Å². The van der Waals surface area contributed by atoms with Gasteiger partial charge in [0.2, 0.25) is 11.8 Å². The normalized spacial score (nSPS) is 11.0. The number of benzene rings is 2. The SMILES string of the molecule is CCN(CC)c1onc(-c2ccccc2)c1CN(Cc1ccc(F)cc1)C(=O)C(C)C. The fourth-order valence-corrected chi connectivity index (χ4v) is 3.60. The second kappa shape index (κ2) is 10.2. The molecule has 1 heterocycles. The summed E-state index contributed by atoms with van der Waals surface area (Å²) in [7, 11) is 0. The van der Waals surface area contributed by atoms with E-state index in [0.29, 0.717) is 19.0 Å². The van der Waals surface area contributed by atoms with Gasteiger partial charge >= 0.3 is 0 Å². The predicted molar refractivity (Wildman–Crippen MR) is 121 cm³/mol. The number of carbonyl (C=O) groups is 1. The number of halogens is 1. The molecular weight excluding hydrogens is 393 g/mol. The lowest BCUT2D eigenvalue weighted by Crippen LogP contribution is -2.34. The molecule has 2 aromatic carbocycles. The van der Waals surface area contributed by atoms with E-state index in [0.717, 1.165) is 35.5 Å². The van der Waals surface area contributed by atoms with Crippen molar-refractivity contribution in [1.82, 2.24) is 10.1 Å². The van der Waals surface area contributed by atoms with Crippen molar-refractivity contribution in [3.63, 3.8) is 0 Å². The van der Waals surface area contributed by atoms with Crippen molar-refractivity contribution >= 4 is 11.8 Å². The number of carbonyl (C=O) groups excluding carboxylic acids is 1. The van der Waals surface area contributed by atoms with Crippen molar-refractivity contribution in [2.75, 3.05) is 18.0 Å². The lowest BCUT2D eigenvalue weighted by atomic mass is 10.1. The summed E-state index contributed by atoms with van der Waals surface area (Å²) in [5.74, 6) is 0.247. The third-order valence-corrected chi connectivity index (χ3v) is 5.31. The molecule has 0 saturated heterocycles. The van der Waals surface area contributed by atoms with E-state index in [1.807, 2.05) is 44.2 Å².